The molecule has 5 aliphatic carbocycles. The van der Waals surface area contributed by atoms with Crippen molar-refractivity contribution in [3.05, 3.63) is 47.7 Å². The maximum Gasteiger partial charge on any atom is 0.303 e. The molecule has 0 amide bonds. The van der Waals surface area contributed by atoms with Gasteiger partial charge in [0.05, 0.1) is 18.8 Å². The van der Waals surface area contributed by atoms with Crippen molar-refractivity contribution in [2.45, 2.75) is 112 Å². The zero-order valence-electron chi connectivity index (χ0n) is 27.1. The number of carboxylic acids is 1. The molecule has 0 spiro atoms. The molecule has 4 fully saturated rings. The SMILES string of the molecule is C[C@@H]1[C@H]2[C@H]3CC[C@@H]4[C@@]5(C)CC(OCc6ccccc6)=CC(C)(CO)C5CC[C@@]4(C)[C@]3(C)CC[C@@]2(CC(=O)O)CC[C@H]1C. The van der Waals surface area contributed by atoms with Crippen molar-refractivity contribution in [3.63, 3.8) is 0 Å². The molecule has 0 radical (unpaired) electrons. The van der Waals surface area contributed by atoms with E-state index in [4.69, 9.17) is 4.74 Å². The number of allylic oxidation sites excluding steroid dienone is 1. The van der Waals surface area contributed by atoms with Crippen LogP contribution in [0, 0.1) is 62.6 Å². The molecule has 232 valence electrons. The smallest absolute Gasteiger partial charge is 0.303 e. The summed E-state index contributed by atoms with van der Waals surface area (Å²) in [5.74, 6) is 3.77. The minimum absolute atomic E-state index is 0.0340. The van der Waals surface area contributed by atoms with E-state index in [-0.39, 0.29) is 33.7 Å². The van der Waals surface area contributed by atoms with Gasteiger partial charge in [-0.1, -0.05) is 71.9 Å². The molecule has 4 saturated carbocycles. The first kappa shape index (κ1) is 30.2. The fourth-order valence-electron chi connectivity index (χ4n) is 12.7. The van der Waals surface area contributed by atoms with Crippen LogP contribution in [0.5, 0.6) is 0 Å². The predicted molar refractivity (Wildman–Crippen MR) is 167 cm³/mol. The second kappa shape index (κ2) is 10.4. The van der Waals surface area contributed by atoms with E-state index >= 15 is 0 Å². The molecule has 6 rings (SSSR count). The van der Waals surface area contributed by atoms with Crippen molar-refractivity contribution in [1.82, 2.24) is 0 Å². The first-order valence-corrected chi connectivity index (χ1v) is 17.0. The predicted octanol–water partition coefficient (Wildman–Crippen LogP) is 8.88. The van der Waals surface area contributed by atoms with Crippen LogP contribution in [-0.4, -0.2) is 22.8 Å². The summed E-state index contributed by atoms with van der Waals surface area (Å²) >= 11 is 0. The number of carbonyl (C=O) groups is 1. The van der Waals surface area contributed by atoms with Gasteiger partial charge in [0.1, 0.15) is 6.61 Å². The van der Waals surface area contributed by atoms with Gasteiger partial charge in [-0.15, -0.1) is 0 Å². The van der Waals surface area contributed by atoms with Crippen LogP contribution in [-0.2, 0) is 16.1 Å². The normalized spacial score (nSPS) is 48.1. The summed E-state index contributed by atoms with van der Waals surface area (Å²) in [5.41, 5.74) is 1.31. The van der Waals surface area contributed by atoms with Crippen LogP contribution in [0.2, 0.25) is 0 Å². The zero-order valence-corrected chi connectivity index (χ0v) is 27.1. The van der Waals surface area contributed by atoms with Crippen LogP contribution in [0.4, 0.5) is 0 Å². The van der Waals surface area contributed by atoms with Crippen LogP contribution in [0.15, 0.2) is 42.2 Å². The molecule has 1 aromatic carbocycles. The Morgan fingerprint density at radius 3 is 2.33 bits per heavy atom. The Labute approximate surface area is 254 Å². The summed E-state index contributed by atoms with van der Waals surface area (Å²) < 4.78 is 6.57. The number of hydrogen-bond donors (Lipinski definition) is 2. The molecule has 1 aromatic rings. The zero-order chi connectivity index (χ0) is 30.1. The number of benzene rings is 1. The van der Waals surface area contributed by atoms with Gasteiger partial charge in [0.25, 0.3) is 0 Å². The molecule has 42 heavy (non-hydrogen) atoms. The van der Waals surface area contributed by atoms with Crippen LogP contribution < -0.4 is 0 Å². The second-order valence-electron chi connectivity index (χ2n) is 16.7. The molecule has 0 bridgehead atoms. The largest absolute Gasteiger partial charge is 0.494 e. The van der Waals surface area contributed by atoms with Gasteiger partial charge >= 0.3 is 5.97 Å². The fourth-order valence-corrected chi connectivity index (χ4v) is 12.7. The number of fused-ring (bicyclic) bond motifs is 7. The second-order valence-corrected chi connectivity index (χ2v) is 16.7. The van der Waals surface area contributed by atoms with E-state index in [0.29, 0.717) is 48.5 Å². The quantitative estimate of drug-likeness (QED) is 0.355. The summed E-state index contributed by atoms with van der Waals surface area (Å²) in [7, 11) is 0. The molecule has 0 saturated heterocycles. The van der Waals surface area contributed by atoms with Crippen molar-refractivity contribution >= 4 is 5.97 Å². The number of aliphatic hydroxyl groups excluding tert-OH is 1. The van der Waals surface area contributed by atoms with Gasteiger partial charge in [-0.2, -0.15) is 0 Å². The van der Waals surface area contributed by atoms with Crippen LogP contribution in [0.3, 0.4) is 0 Å². The Kier molecular flexibility index (Phi) is 7.47. The van der Waals surface area contributed by atoms with Crippen LogP contribution in [0.25, 0.3) is 0 Å². The van der Waals surface area contributed by atoms with Gasteiger partial charge in [-0.25, -0.2) is 0 Å². The summed E-state index contributed by atoms with van der Waals surface area (Å²) in [4.78, 5) is 12.3. The molecule has 0 aliphatic heterocycles. The summed E-state index contributed by atoms with van der Waals surface area (Å²) in [6.45, 7) is 15.7. The average Bonchev–Trinajstić information content (AvgIpc) is 2.94. The van der Waals surface area contributed by atoms with Crippen molar-refractivity contribution in [2.75, 3.05) is 6.61 Å². The van der Waals surface area contributed by atoms with Gasteiger partial charge in [0, 0.05) is 11.8 Å². The van der Waals surface area contributed by atoms with Gasteiger partial charge in [-0.05, 0) is 120 Å². The lowest BCUT2D eigenvalue weighted by Gasteiger charge is -2.73. The first-order chi connectivity index (χ1) is 19.8. The molecule has 0 heterocycles. The Balaban J connectivity index is 1.34. The maximum atomic E-state index is 12.3. The number of carboxylic acid groups (broad SMARTS) is 1. The fraction of sp³-hybridized carbons (Fsp3) is 0.763. The Morgan fingerprint density at radius 2 is 1.64 bits per heavy atom. The number of hydrogen-bond acceptors (Lipinski definition) is 3. The topological polar surface area (TPSA) is 66.8 Å². The van der Waals surface area contributed by atoms with E-state index in [1.54, 1.807) is 0 Å². The van der Waals surface area contributed by atoms with E-state index in [9.17, 15) is 15.0 Å². The average molecular weight is 577 g/mol. The molecule has 11 atom stereocenters. The molecular formula is C38H56O4. The molecule has 2 N–H and O–H groups in total. The maximum absolute atomic E-state index is 12.3. The highest BCUT2D eigenvalue weighted by Crippen LogP contribution is 2.77. The van der Waals surface area contributed by atoms with E-state index in [1.807, 2.05) is 6.07 Å². The Morgan fingerprint density at radius 1 is 0.905 bits per heavy atom. The van der Waals surface area contributed by atoms with Crippen molar-refractivity contribution in [3.8, 4) is 0 Å². The third-order valence-corrected chi connectivity index (χ3v) is 15.0. The third kappa shape index (κ3) is 4.35. The van der Waals surface area contributed by atoms with Crippen LogP contribution in [0.1, 0.15) is 111 Å². The molecule has 4 heteroatoms. The molecule has 0 aromatic heterocycles. The lowest BCUT2D eigenvalue weighted by Crippen LogP contribution is -2.67. The summed E-state index contributed by atoms with van der Waals surface area (Å²) in [6.07, 6.45) is 12.8. The van der Waals surface area contributed by atoms with Crippen molar-refractivity contribution < 1.29 is 19.7 Å². The van der Waals surface area contributed by atoms with Crippen LogP contribution >= 0.6 is 0 Å². The van der Waals surface area contributed by atoms with Crippen molar-refractivity contribution in [2.24, 2.45) is 62.6 Å². The highest BCUT2D eigenvalue weighted by atomic mass is 16.5. The molecular weight excluding hydrogens is 520 g/mol. The van der Waals surface area contributed by atoms with E-state index < -0.39 is 5.97 Å². The highest BCUT2D eigenvalue weighted by molar-refractivity contribution is 5.68. The van der Waals surface area contributed by atoms with E-state index in [2.05, 4.69) is 71.9 Å². The molecule has 5 aliphatic rings. The molecule has 4 nitrogen and oxygen atoms in total. The standard InChI is InChI=1S/C38H56O4/c1-25-14-17-38(22-32(40)41)19-18-36(5)29(33(38)26(25)2)12-13-31-35(4)21-28(42-23-27-10-8-7-9-11-27)20-34(3,24-39)30(35)15-16-37(31,36)6/h7-11,20,25-26,29-31,33,39H,12-19,21-24H2,1-6H3,(H,40,41)/t25-,26+,29-,30?,31-,33+,34?,35+,36-,37-,38-/m1/s1. The lowest BCUT2D eigenvalue weighted by atomic mass is 9.31. The first-order valence-electron chi connectivity index (χ1n) is 17.0. The lowest BCUT2D eigenvalue weighted by molar-refractivity contribution is -0.246. The van der Waals surface area contributed by atoms with E-state index in [1.165, 1.54) is 31.2 Å². The van der Waals surface area contributed by atoms with Gasteiger partial charge in [-0.3, -0.25) is 4.79 Å². The number of aliphatic carboxylic acids is 1. The Hall–Kier alpha value is -1.81. The van der Waals surface area contributed by atoms with Gasteiger partial charge < -0.3 is 14.9 Å². The highest BCUT2D eigenvalue weighted by Gasteiger charge is 2.70. The minimum Gasteiger partial charge on any atom is -0.494 e. The van der Waals surface area contributed by atoms with Gasteiger partial charge in [0.2, 0.25) is 0 Å². The summed E-state index contributed by atoms with van der Waals surface area (Å²) in [6, 6.07) is 10.4. The van der Waals surface area contributed by atoms with E-state index in [0.717, 1.165) is 37.9 Å². The van der Waals surface area contributed by atoms with Crippen molar-refractivity contribution in [1.29, 1.82) is 0 Å². The Bertz CT molecular complexity index is 1210. The third-order valence-electron chi connectivity index (χ3n) is 15.0. The monoisotopic (exact) mass is 576 g/mol. The van der Waals surface area contributed by atoms with Gasteiger partial charge in [0.15, 0.2) is 0 Å². The number of ether oxygens (including phenoxy) is 1. The summed E-state index contributed by atoms with van der Waals surface area (Å²) in [5, 5.41) is 20.9. The number of aliphatic hydroxyl groups is 1. The number of rotatable bonds is 6. The minimum atomic E-state index is -0.599. The molecule has 2 unspecified atom stereocenters.